The predicted molar refractivity (Wildman–Crippen MR) is 81.9 cm³/mol. The molecule has 0 unspecified atom stereocenters. The Kier molecular flexibility index (Phi) is 3.26. The summed E-state index contributed by atoms with van der Waals surface area (Å²) in [5.74, 6) is 0.953. The first kappa shape index (κ1) is 13.9. The van der Waals surface area contributed by atoms with Crippen molar-refractivity contribution in [2.75, 3.05) is 19.6 Å². The number of phenolic OH excluding ortho intramolecular Hbond substituents is 1. The van der Waals surface area contributed by atoms with E-state index < -0.39 is 5.72 Å². The van der Waals surface area contributed by atoms with E-state index in [4.69, 9.17) is 4.74 Å². The Hall–Kier alpha value is -1.75. The Morgan fingerprint density at radius 1 is 1.23 bits per heavy atom. The van der Waals surface area contributed by atoms with Crippen LogP contribution in [0.25, 0.3) is 0 Å². The number of nitrogens with one attached hydrogen (secondary N) is 1. The molecule has 3 aliphatic rings. The first-order valence-electron chi connectivity index (χ1n) is 8.27. The number of aromatic hydroxyl groups is 1. The third-order valence-corrected chi connectivity index (χ3v) is 5.21. The second-order valence-electron chi connectivity index (χ2n) is 6.52. The lowest BCUT2D eigenvalue weighted by molar-refractivity contribution is -0.159. The van der Waals surface area contributed by atoms with Gasteiger partial charge in [-0.15, -0.1) is 0 Å². The average Bonchev–Trinajstić information content (AvgIpc) is 2.77. The smallest absolute Gasteiger partial charge is 0.280 e. The number of benzene rings is 1. The van der Waals surface area contributed by atoms with Gasteiger partial charge in [0.2, 0.25) is 5.72 Å². The molecule has 1 aromatic rings. The van der Waals surface area contributed by atoms with Crippen LogP contribution in [0.2, 0.25) is 0 Å². The zero-order chi connectivity index (χ0) is 15.2. The molecule has 1 aromatic carbocycles. The van der Waals surface area contributed by atoms with Crippen LogP contribution < -0.4 is 10.1 Å². The molecule has 0 saturated carbocycles. The van der Waals surface area contributed by atoms with Crippen LogP contribution in [-0.2, 0) is 4.79 Å². The van der Waals surface area contributed by atoms with Crippen molar-refractivity contribution in [3.8, 4) is 11.5 Å². The summed E-state index contributed by atoms with van der Waals surface area (Å²) in [6, 6.07) is 5.19. The van der Waals surface area contributed by atoms with Gasteiger partial charge >= 0.3 is 0 Å². The van der Waals surface area contributed by atoms with E-state index in [2.05, 4.69) is 10.2 Å². The summed E-state index contributed by atoms with van der Waals surface area (Å²) in [5.41, 5.74) is 0.0511. The monoisotopic (exact) mass is 302 g/mol. The first-order valence-corrected chi connectivity index (χ1v) is 8.27. The van der Waals surface area contributed by atoms with Crippen molar-refractivity contribution in [2.24, 2.45) is 0 Å². The van der Waals surface area contributed by atoms with Gasteiger partial charge in [0.15, 0.2) is 0 Å². The summed E-state index contributed by atoms with van der Waals surface area (Å²) in [4.78, 5) is 15.2. The van der Waals surface area contributed by atoms with Crippen molar-refractivity contribution < 1.29 is 14.6 Å². The summed E-state index contributed by atoms with van der Waals surface area (Å²) in [6.45, 7) is 2.48. The van der Waals surface area contributed by atoms with E-state index in [0.717, 1.165) is 50.1 Å². The molecule has 0 bridgehead atoms. The zero-order valence-corrected chi connectivity index (χ0v) is 12.7. The molecule has 1 amide bonds. The fourth-order valence-corrected chi connectivity index (χ4v) is 4.20. The Balaban J connectivity index is 1.82. The Morgan fingerprint density at radius 2 is 2.05 bits per heavy atom. The van der Waals surface area contributed by atoms with Gasteiger partial charge in [-0.2, -0.15) is 0 Å². The lowest BCUT2D eigenvalue weighted by Gasteiger charge is -2.43. The number of nitrogens with zero attached hydrogens (tertiary/aromatic N) is 1. The average molecular weight is 302 g/mol. The normalized spacial score (nSPS) is 31.6. The summed E-state index contributed by atoms with van der Waals surface area (Å²) >= 11 is 0. The molecule has 2 atom stereocenters. The number of rotatable bonds is 1. The quantitative estimate of drug-likeness (QED) is 0.832. The van der Waals surface area contributed by atoms with Gasteiger partial charge < -0.3 is 15.2 Å². The van der Waals surface area contributed by atoms with Crippen molar-refractivity contribution >= 4 is 5.91 Å². The highest BCUT2D eigenvalue weighted by molar-refractivity contribution is 5.88. The maximum atomic E-state index is 12.9. The molecule has 5 nitrogen and oxygen atoms in total. The number of piperidine rings is 1. The van der Waals surface area contributed by atoms with Crippen LogP contribution in [0.1, 0.15) is 43.6 Å². The van der Waals surface area contributed by atoms with Crippen molar-refractivity contribution in [3.05, 3.63) is 23.8 Å². The minimum absolute atomic E-state index is 0.00444. The SMILES string of the molecule is O=C1NCCC[C@@H]2c3cc(O)ccc3O[C@@]12N1CCCCC1. The molecule has 0 aliphatic carbocycles. The van der Waals surface area contributed by atoms with Crippen LogP contribution in [0.4, 0.5) is 0 Å². The zero-order valence-electron chi connectivity index (χ0n) is 12.7. The van der Waals surface area contributed by atoms with E-state index in [9.17, 15) is 9.90 Å². The molecule has 22 heavy (non-hydrogen) atoms. The van der Waals surface area contributed by atoms with Crippen LogP contribution in [0.15, 0.2) is 18.2 Å². The number of fused-ring (bicyclic) bond motifs is 3. The van der Waals surface area contributed by atoms with E-state index in [0.29, 0.717) is 6.54 Å². The van der Waals surface area contributed by atoms with Gasteiger partial charge in [-0.05, 0) is 43.9 Å². The van der Waals surface area contributed by atoms with Crippen molar-refractivity contribution in [1.82, 2.24) is 10.2 Å². The summed E-state index contributed by atoms with van der Waals surface area (Å²) in [5, 5.41) is 12.9. The Bertz CT molecular complexity index is 598. The summed E-state index contributed by atoms with van der Waals surface area (Å²) in [7, 11) is 0. The maximum Gasteiger partial charge on any atom is 0.280 e. The Morgan fingerprint density at radius 3 is 2.86 bits per heavy atom. The number of carbonyl (C=O) groups excluding carboxylic acids is 1. The van der Waals surface area contributed by atoms with E-state index >= 15 is 0 Å². The second kappa shape index (κ2) is 5.16. The first-order chi connectivity index (χ1) is 10.7. The number of carbonyl (C=O) groups is 1. The molecule has 2 saturated heterocycles. The van der Waals surface area contributed by atoms with Gasteiger partial charge in [0.05, 0.1) is 5.92 Å². The number of likely N-dealkylation sites (tertiary alicyclic amines) is 1. The van der Waals surface area contributed by atoms with Crippen LogP contribution in [-0.4, -0.2) is 41.3 Å². The van der Waals surface area contributed by atoms with Crippen LogP contribution >= 0.6 is 0 Å². The van der Waals surface area contributed by atoms with Gasteiger partial charge in [0.1, 0.15) is 11.5 Å². The number of hydrogen-bond donors (Lipinski definition) is 2. The largest absolute Gasteiger partial charge is 0.508 e. The fourth-order valence-electron chi connectivity index (χ4n) is 4.20. The fraction of sp³-hybridized carbons (Fsp3) is 0.588. The van der Waals surface area contributed by atoms with Gasteiger partial charge in [-0.1, -0.05) is 6.42 Å². The van der Waals surface area contributed by atoms with E-state index in [1.54, 1.807) is 18.2 Å². The standard InChI is InChI=1S/C17H22N2O3/c20-12-6-7-15-13(11-12)14-5-4-8-18-16(21)17(14,22-15)19-9-2-1-3-10-19/h6-7,11,14,20H,1-5,8-10H2,(H,18,21)/t14-,17-/m1/s1. The molecule has 0 spiro atoms. The molecule has 0 aromatic heterocycles. The highest BCUT2D eigenvalue weighted by Crippen LogP contribution is 2.51. The number of amides is 1. The third kappa shape index (κ3) is 1.92. The van der Waals surface area contributed by atoms with Gasteiger partial charge in [0.25, 0.3) is 5.91 Å². The van der Waals surface area contributed by atoms with Gasteiger partial charge in [0, 0.05) is 25.2 Å². The molecule has 3 aliphatic heterocycles. The molecule has 5 heteroatoms. The van der Waals surface area contributed by atoms with Crippen molar-refractivity contribution in [2.45, 2.75) is 43.7 Å². The minimum atomic E-state index is -0.924. The van der Waals surface area contributed by atoms with E-state index in [1.165, 1.54) is 6.42 Å². The lowest BCUT2D eigenvalue weighted by atomic mass is 9.85. The van der Waals surface area contributed by atoms with E-state index in [1.807, 2.05) is 0 Å². The number of hydrogen-bond acceptors (Lipinski definition) is 4. The van der Waals surface area contributed by atoms with Crippen LogP contribution in [0.3, 0.4) is 0 Å². The van der Waals surface area contributed by atoms with Gasteiger partial charge in [-0.25, -0.2) is 0 Å². The molecule has 3 heterocycles. The maximum absolute atomic E-state index is 12.9. The molecular weight excluding hydrogens is 280 g/mol. The van der Waals surface area contributed by atoms with Crippen molar-refractivity contribution in [3.63, 3.8) is 0 Å². The lowest BCUT2D eigenvalue weighted by Crippen LogP contribution is -2.64. The summed E-state index contributed by atoms with van der Waals surface area (Å²) < 4.78 is 6.29. The van der Waals surface area contributed by atoms with E-state index in [-0.39, 0.29) is 17.6 Å². The molecule has 2 N–H and O–H groups in total. The highest BCUT2D eigenvalue weighted by atomic mass is 16.5. The molecule has 0 radical (unpaired) electrons. The molecule has 118 valence electrons. The van der Waals surface area contributed by atoms with Crippen LogP contribution in [0.5, 0.6) is 11.5 Å². The molecular formula is C17H22N2O3. The molecule has 2 fully saturated rings. The summed E-state index contributed by atoms with van der Waals surface area (Å²) in [6.07, 6.45) is 5.25. The number of phenols is 1. The topological polar surface area (TPSA) is 61.8 Å². The third-order valence-electron chi connectivity index (χ3n) is 5.21. The Labute approximate surface area is 130 Å². The van der Waals surface area contributed by atoms with Crippen LogP contribution in [0, 0.1) is 0 Å². The minimum Gasteiger partial charge on any atom is -0.508 e. The second-order valence-corrected chi connectivity index (χ2v) is 6.52. The molecule has 4 rings (SSSR count). The number of ether oxygens (including phenoxy) is 1. The predicted octanol–water partition coefficient (Wildman–Crippen LogP) is 1.96. The highest BCUT2D eigenvalue weighted by Gasteiger charge is 2.58. The van der Waals surface area contributed by atoms with Crippen molar-refractivity contribution in [1.29, 1.82) is 0 Å². The van der Waals surface area contributed by atoms with Gasteiger partial charge in [-0.3, -0.25) is 9.69 Å².